The van der Waals surface area contributed by atoms with Gasteiger partial charge in [0.05, 0.1) is 6.54 Å². The van der Waals surface area contributed by atoms with Crippen LogP contribution < -0.4 is 5.32 Å². The van der Waals surface area contributed by atoms with Gasteiger partial charge in [0.15, 0.2) is 11.5 Å². The number of carbonyl (C=O) groups is 1. The van der Waals surface area contributed by atoms with Crippen LogP contribution >= 0.6 is 0 Å². The normalized spacial score (nSPS) is 16.2. The number of aromatic carboxylic acids is 1. The Balaban J connectivity index is 1.58. The first-order valence-electron chi connectivity index (χ1n) is 6.37. The second kappa shape index (κ2) is 6.51. The second-order valence-corrected chi connectivity index (χ2v) is 4.56. The summed E-state index contributed by atoms with van der Waals surface area (Å²) < 4.78 is 4.90. The van der Waals surface area contributed by atoms with Crippen LogP contribution in [0.5, 0.6) is 0 Å². The van der Waals surface area contributed by atoms with Gasteiger partial charge >= 0.3 is 5.97 Å². The third-order valence-corrected chi connectivity index (χ3v) is 3.10. The van der Waals surface area contributed by atoms with Crippen molar-refractivity contribution in [3.63, 3.8) is 0 Å². The molecule has 1 aliphatic heterocycles. The highest BCUT2D eigenvalue weighted by Gasteiger charge is 2.11. The van der Waals surface area contributed by atoms with Gasteiger partial charge in [-0.25, -0.2) is 4.79 Å². The van der Waals surface area contributed by atoms with Gasteiger partial charge in [0.25, 0.3) is 0 Å². The minimum atomic E-state index is -1.06. The van der Waals surface area contributed by atoms with Crippen molar-refractivity contribution in [1.29, 1.82) is 0 Å². The maximum Gasteiger partial charge on any atom is 0.358 e. The van der Waals surface area contributed by atoms with Gasteiger partial charge in [0.2, 0.25) is 0 Å². The topological polar surface area (TPSA) is 78.6 Å². The Morgan fingerprint density at radius 2 is 2.28 bits per heavy atom. The van der Waals surface area contributed by atoms with Gasteiger partial charge in [0, 0.05) is 6.07 Å². The van der Waals surface area contributed by atoms with Gasteiger partial charge in [-0.3, -0.25) is 0 Å². The molecule has 0 unspecified atom stereocenters. The van der Waals surface area contributed by atoms with E-state index in [0.29, 0.717) is 12.3 Å². The number of nitrogens with zero attached hydrogens (tertiary/aromatic N) is 2. The van der Waals surface area contributed by atoms with E-state index < -0.39 is 5.97 Å². The lowest BCUT2D eigenvalue weighted by Gasteiger charge is -2.13. The van der Waals surface area contributed by atoms with Crippen molar-refractivity contribution in [1.82, 2.24) is 15.4 Å². The summed E-state index contributed by atoms with van der Waals surface area (Å²) in [5.41, 5.74) is -0.0381. The zero-order valence-corrected chi connectivity index (χ0v) is 10.4. The van der Waals surface area contributed by atoms with Crippen LogP contribution in [-0.4, -0.2) is 47.3 Å². The van der Waals surface area contributed by atoms with Crippen LogP contribution in [0.2, 0.25) is 0 Å². The SMILES string of the molecule is O=C(O)c1cc(CNCCCN2CCCC2)on1. The van der Waals surface area contributed by atoms with Gasteiger partial charge in [-0.15, -0.1) is 0 Å². The first-order chi connectivity index (χ1) is 8.75. The Labute approximate surface area is 106 Å². The van der Waals surface area contributed by atoms with Gasteiger partial charge < -0.3 is 19.8 Å². The highest BCUT2D eigenvalue weighted by molar-refractivity contribution is 5.85. The van der Waals surface area contributed by atoms with Gasteiger partial charge in [-0.05, 0) is 45.4 Å². The van der Waals surface area contributed by atoms with E-state index in [9.17, 15) is 4.79 Å². The maximum atomic E-state index is 10.6. The fourth-order valence-corrected chi connectivity index (χ4v) is 2.14. The fourth-order valence-electron chi connectivity index (χ4n) is 2.14. The molecule has 0 aromatic carbocycles. The number of nitrogens with one attached hydrogen (secondary N) is 1. The van der Waals surface area contributed by atoms with E-state index in [2.05, 4.69) is 15.4 Å². The Kier molecular flexibility index (Phi) is 4.72. The number of hydrogen-bond donors (Lipinski definition) is 2. The van der Waals surface area contributed by atoms with Crippen LogP contribution in [0.4, 0.5) is 0 Å². The van der Waals surface area contributed by atoms with E-state index >= 15 is 0 Å². The third kappa shape index (κ3) is 3.82. The molecule has 1 aliphatic rings. The number of carboxylic acids is 1. The summed E-state index contributed by atoms with van der Waals surface area (Å²) >= 11 is 0. The molecule has 0 spiro atoms. The van der Waals surface area contributed by atoms with E-state index in [1.54, 1.807) is 0 Å². The molecule has 0 amide bonds. The summed E-state index contributed by atoms with van der Waals surface area (Å²) in [6.07, 6.45) is 3.74. The minimum Gasteiger partial charge on any atom is -0.476 e. The predicted octanol–water partition coefficient (Wildman–Crippen LogP) is 0.948. The number of hydrogen-bond acceptors (Lipinski definition) is 5. The van der Waals surface area contributed by atoms with Crippen molar-refractivity contribution >= 4 is 5.97 Å². The van der Waals surface area contributed by atoms with Gasteiger partial charge in [0.1, 0.15) is 0 Å². The van der Waals surface area contributed by atoms with Gasteiger partial charge in [-0.1, -0.05) is 5.16 Å². The zero-order chi connectivity index (χ0) is 12.8. The summed E-state index contributed by atoms with van der Waals surface area (Å²) in [7, 11) is 0. The molecule has 1 aromatic heterocycles. The molecular formula is C12H19N3O3. The number of rotatable bonds is 7. The molecule has 1 fully saturated rings. The lowest BCUT2D eigenvalue weighted by Crippen LogP contribution is -2.24. The summed E-state index contributed by atoms with van der Waals surface area (Å²) in [6.45, 7) is 5.01. The first-order valence-corrected chi connectivity index (χ1v) is 6.37. The zero-order valence-electron chi connectivity index (χ0n) is 10.4. The van der Waals surface area contributed by atoms with E-state index in [1.165, 1.54) is 32.0 Å². The number of aromatic nitrogens is 1. The Hall–Kier alpha value is -1.40. The second-order valence-electron chi connectivity index (χ2n) is 4.56. The van der Waals surface area contributed by atoms with E-state index in [1.807, 2.05) is 0 Å². The van der Waals surface area contributed by atoms with Crippen molar-refractivity contribution in [3.8, 4) is 0 Å². The molecule has 100 valence electrons. The average Bonchev–Trinajstić information content (AvgIpc) is 2.98. The van der Waals surface area contributed by atoms with Crippen molar-refractivity contribution in [2.75, 3.05) is 26.2 Å². The molecule has 0 aliphatic carbocycles. The molecular weight excluding hydrogens is 234 g/mol. The van der Waals surface area contributed by atoms with Gasteiger partial charge in [-0.2, -0.15) is 0 Å². The number of carboxylic acid groups (broad SMARTS) is 1. The molecule has 0 bridgehead atoms. The summed E-state index contributed by atoms with van der Waals surface area (Å²) in [5.74, 6) is -0.493. The average molecular weight is 253 g/mol. The lowest BCUT2D eigenvalue weighted by molar-refractivity contribution is 0.0685. The van der Waals surface area contributed by atoms with Crippen LogP contribution in [0, 0.1) is 0 Å². The predicted molar refractivity (Wildman–Crippen MR) is 65.5 cm³/mol. The smallest absolute Gasteiger partial charge is 0.358 e. The minimum absolute atomic E-state index is 0.0381. The summed E-state index contributed by atoms with van der Waals surface area (Å²) in [4.78, 5) is 13.1. The fraction of sp³-hybridized carbons (Fsp3) is 0.667. The summed E-state index contributed by atoms with van der Waals surface area (Å²) in [5, 5.41) is 15.4. The van der Waals surface area contributed by atoms with Crippen molar-refractivity contribution in [3.05, 3.63) is 17.5 Å². The lowest BCUT2D eigenvalue weighted by atomic mass is 10.3. The number of likely N-dealkylation sites (tertiary alicyclic amines) is 1. The molecule has 1 aromatic rings. The standard InChI is InChI=1S/C12H19N3O3/c16-12(17)11-8-10(18-14-11)9-13-4-3-7-15-5-1-2-6-15/h8,13H,1-7,9H2,(H,16,17). The third-order valence-electron chi connectivity index (χ3n) is 3.10. The van der Waals surface area contributed by atoms with E-state index in [4.69, 9.17) is 9.63 Å². The molecule has 0 atom stereocenters. The Morgan fingerprint density at radius 1 is 1.50 bits per heavy atom. The molecule has 0 radical (unpaired) electrons. The molecule has 18 heavy (non-hydrogen) atoms. The molecule has 2 rings (SSSR count). The highest BCUT2D eigenvalue weighted by atomic mass is 16.5. The molecule has 6 heteroatoms. The maximum absolute atomic E-state index is 10.6. The highest BCUT2D eigenvalue weighted by Crippen LogP contribution is 2.07. The van der Waals surface area contributed by atoms with Crippen molar-refractivity contribution in [2.24, 2.45) is 0 Å². The Morgan fingerprint density at radius 3 is 2.94 bits per heavy atom. The van der Waals surface area contributed by atoms with Crippen LogP contribution in [0.1, 0.15) is 35.5 Å². The van der Waals surface area contributed by atoms with Crippen LogP contribution in [0.15, 0.2) is 10.6 Å². The van der Waals surface area contributed by atoms with Crippen LogP contribution in [-0.2, 0) is 6.54 Å². The molecule has 2 heterocycles. The van der Waals surface area contributed by atoms with Crippen molar-refractivity contribution in [2.45, 2.75) is 25.8 Å². The molecule has 2 N–H and O–H groups in total. The monoisotopic (exact) mass is 253 g/mol. The van der Waals surface area contributed by atoms with Crippen LogP contribution in [0.25, 0.3) is 0 Å². The quantitative estimate of drug-likeness (QED) is 0.704. The van der Waals surface area contributed by atoms with E-state index in [-0.39, 0.29) is 5.69 Å². The van der Waals surface area contributed by atoms with Crippen molar-refractivity contribution < 1.29 is 14.4 Å². The first kappa shape index (κ1) is 13.0. The largest absolute Gasteiger partial charge is 0.476 e. The summed E-state index contributed by atoms with van der Waals surface area (Å²) in [6, 6.07) is 1.45. The van der Waals surface area contributed by atoms with Crippen LogP contribution in [0.3, 0.4) is 0 Å². The molecule has 0 saturated carbocycles. The Bertz CT molecular complexity index is 386. The van der Waals surface area contributed by atoms with E-state index in [0.717, 1.165) is 19.5 Å². The molecule has 6 nitrogen and oxygen atoms in total. The molecule has 1 saturated heterocycles.